The summed E-state index contributed by atoms with van der Waals surface area (Å²) in [7, 11) is 0. The molecule has 0 aromatic heterocycles. The monoisotopic (exact) mass is 387 g/mol. The maximum atomic E-state index is 12.7. The number of amides is 3. The molecule has 1 aromatic carbocycles. The van der Waals surface area contributed by atoms with Gasteiger partial charge in [-0.05, 0) is 5.56 Å². The van der Waals surface area contributed by atoms with Crippen molar-refractivity contribution in [3.8, 4) is 0 Å². The summed E-state index contributed by atoms with van der Waals surface area (Å²) in [5.74, 6) is -2.97. The summed E-state index contributed by atoms with van der Waals surface area (Å²) in [5, 5.41) is 13.8. The van der Waals surface area contributed by atoms with E-state index in [1.54, 1.807) is 0 Å². The van der Waals surface area contributed by atoms with E-state index in [0.717, 1.165) is 15.6 Å². The number of rotatable bonds is 5. The number of carbonyl (C=O) groups is 4. The van der Waals surface area contributed by atoms with Crippen molar-refractivity contribution in [1.82, 2.24) is 15.3 Å². The van der Waals surface area contributed by atoms with E-state index in [1.807, 2.05) is 30.3 Å². The molecule has 0 aliphatic carbocycles. The first kappa shape index (κ1) is 18.7. The Morgan fingerprint density at radius 1 is 1.22 bits per heavy atom. The Bertz CT molecular complexity index is 839. The molecule has 2 heterocycles. The number of thiocarbonyl (C=S) groups is 1. The van der Waals surface area contributed by atoms with Crippen LogP contribution in [-0.2, 0) is 25.6 Å². The number of nitrogens with one attached hydrogen (secondary N) is 1. The Kier molecular flexibility index (Phi) is 5.31. The quantitative estimate of drug-likeness (QED) is 0.548. The Hall–Kier alpha value is -3.07. The first-order chi connectivity index (χ1) is 12.9. The maximum absolute atomic E-state index is 12.7. The van der Waals surface area contributed by atoms with Gasteiger partial charge in [0.1, 0.15) is 6.04 Å². The zero-order chi connectivity index (χ0) is 19.6. The average molecular weight is 387 g/mol. The van der Waals surface area contributed by atoms with Crippen molar-refractivity contribution in [3.05, 3.63) is 48.0 Å². The van der Waals surface area contributed by atoms with Crippen LogP contribution in [0.3, 0.4) is 0 Å². The number of carboxylic acid groups (broad SMARTS) is 1. The van der Waals surface area contributed by atoms with Gasteiger partial charge in [-0.1, -0.05) is 54.7 Å². The van der Waals surface area contributed by atoms with Gasteiger partial charge < -0.3 is 10.4 Å². The Labute approximate surface area is 160 Å². The minimum Gasteiger partial charge on any atom is -0.479 e. The number of fused-ring (bicyclic) bond motifs is 1. The fraction of sp³-hybridized carbons (Fsp3) is 0.278. The fourth-order valence-corrected chi connectivity index (χ4v) is 3.24. The first-order valence-electron chi connectivity index (χ1n) is 8.29. The highest BCUT2D eigenvalue weighted by Gasteiger charge is 2.45. The Balaban J connectivity index is 1.71. The van der Waals surface area contributed by atoms with Crippen molar-refractivity contribution in [2.24, 2.45) is 0 Å². The number of benzene rings is 1. The summed E-state index contributed by atoms with van der Waals surface area (Å²) in [6.45, 7) is 0.113. The number of hydrogen-bond acceptors (Lipinski definition) is 5. The molecule has 2 aliphatic heterocycles. The molecule has 1 fully saturated rings. The van der Waals surface area contributed by atoms with Crippen LogP contribution in [0.1, 0.15) is 12.0 Å². The fourth-order valence-electron chi connectivity index (χ4n) is 3.01. The van der Waals surface area contributed by atoms with Gasteiger partial charge in [0, 0.05) is 6.42 Å². The Morgan fingerprint density at radius 3 is 2.59 bits per heavy atom. The lowest BCUT2D eigenvalue weighted by Gasteiger charge is -2.44. The molecule has 0 radical (unpaired) electrons. The lowest BCUT2D eigenvalue weighted by molar-refractivity contribution is -0.182. The molecule has 2 aliphatic rings. The predicted octanol–water partition coefficient (Wildman–Crippen LogP) is 0.0827. The minimum atomic E-state index is -1.29. The molecule has 9 heteroatoms. The van der Waals surface area contributed by atoms with Crippen LogP contribution in [0.4, 0.5) is 0 Å². The van der Waals surface area contributed by atoms with Gasteiger partial charge in [-0.15, -0.1) is 0 Å². The van der Waals surface area contributed by atoms with E-state index in [9.17, 15) is 24.3 Å². The summed E-state index contributed by atoms with van der Waals surface area (Å²) >= 11 is 5.14. The molecule has 1 aromatic rings. The molecule has 8 nitrogen and oxygen atoms in total. The van der Waals surface area contributed by atoms with Crippen molar-refractivity contribution in [1.29, 1.82) is 0 Å². The van der Waals surface area contributed by atoms with Gasteiger partial charge in [-0.3, -0.25) is 14.4 Å². The SMILES string of the molecule is O=C(NC1CC(=O)N2CC=C[C@@H](C(=O)O)N2C1=O)C(=S)Cc1ccccc1. The van der Waals surface area contributed by atoms with Crippen LogP contribution in [0.15, 0.2) is 42.5 Å². The van der Waals surface area contributed by atoms with Crippen molar-refractivity contribution in [2.75, 3.05) is 6.54 Å². The van der Waals surface area contributed by atoms with E-state index in [4.69, 9.17) is 12.2 Å². The molecular weight excluding hydrogens is 370 g/mol. The normalized spacial score (nSPS) is 21.6. The van der Waals surface area contributed by atoms with E-state index in [2.05, 4.69) is 5.32 Å². The summed E-state index contributed by atoms with van der Waals surface area (Å²) in [5.41, 5.74) is 0.849. The highest BCUT2D eigenvalue weighted by Crippen LogP contribution is 2.22. The number of nitrogens with zero attached hydrogens (tertiary/aromatic N) is 2. The molecule has 0 saturated carbocycles. The summed E-state index contributed by atoms with van der Waals surface area (Å²) < 4.78 is 0. The number of carbonyl (C=O) groups excluding carboxylic acids is 3. The lowest BCUT2D eigenvalue weighted by Crippen LogP contribution is -2.67. The number of hydrogen-bond donors (Lipinski definition) is 2. The number of carboxylic acids is 1. The number of hydrazine groups is 1. The van der Waals surface area contributed by atoms with Crippen LogP contribution < -0.4 is 5.32 Å². The predicted molar refractivity (Wildman–Crippen MR) is 98.4 cm³/mol. The van der Waals surface area contributed by atoms with Gasteiger partial charge in [0.05, 0.1) is 17.8 Å². The number of aliphatic carboxylic acids is 1. The molecule has 0 spiro atoms. The van der Waals surface area contributed by atoms with Crippen LogP contribution in [0.2, 0.25) is 0 Å². The molecule has 27 heavy (non-hydrogen) atoms. The van der Waals surface area contributed by atoms with E-state index < -0.39 is 35.8 Å². The van der Waals surface area contributed by atoms with Crippen molar-refractivity contribution in [2.45, 2.75) is 24.9 Å². The molecule has 0 bridgehead atoms. The van der Waals surface area contributed by atoms with Crippen molar-refractivity contribution < 1.29 is 24.3 Å². The largest absolute Gasteiger partial charge is 0.479 e. The average Bonchev–Trinajstić information content (AvgIpc) is 2.66. The van der Waals surface area contributed by atoms with Gasteiger partial charge in [-0.2, -0.15) is 0 Å². The topological polar surface area (TPSA) is 107 Å². The molecule has 1 saturated heterocycles. The zero-order valence-corrected chi connectivity index (χ0v) is 15.0. The lowest BCUT2D eigenvalue weighted by atomic mass is 10.0. The molecule has 3 amide bonds. The highest BCUT2D eigenvalue weighted by atomic mass is 32.1. The van der Waals surface area contributed by atoms with E-state index in [-0.39, 0.29) is 24.3 Å². The van der Waals surface area contributed by atoms with Gasteiger partial charge in [0.15, 0.2) is 6.04 Å². The molecule has 1 unspecified atom stereocenters. The van der Waals surface area contributed by atoms with Crippen LogP contribution in [0.5, 0.6) is 0 Å². The van der Waals surface area contributed by atoms with Gasteiger partial charge in [-0.25, -0.2) is 14.8 Å². The smallest absolute Gasteiger partial charge is 0.332 e. The van der Waals surface area contributed by atoms with Crippen LogP contribution in [0.25, 0.3) is 0 Å². The van der Waals surface area contributed by atoms with Crippen LogP contribution in [-0.4, -0.2) is 62.3 Å². The molecule has 140 valence electrons. The van der Waals surface area contributed by atoms with Gasteiger partial charge >= 0.3 is 5.97 Å². The van der Waals surface area contributed by atoms with Crippen molar-refractivity contribution in [3.63, 3.8) is 0 Å². The highest BCUT2D eigenvalue weighted by molar-refractivity contribution is 7.82. The van der Waals surface area contributed by atoms with Crippen molar-refractivity contribution >= 4 is 40.8 Å². The summed E-state index contributed by atoms with van der Waals surface area (Å²) in [6.07, 6.45) is 2.85. The third kappa shape index (κ3) is 3.87. The molecule has 2 N–H and O–H groups in total. The van der Waals surface area contributed by atoms with Crippen LogP contribution in [0, 0.1) is 0 Å². The molecule has 3 rings (SSSR count). The molecular formula is C18H17N3O5S. The Morgan fingerprint density at radius 2 is 1.93 bits per heavy atom. The van der Waals surface area contributed by atoms with E-state index >= 15 is 0 Å². The van der Waals surface area contributed by atoms with Gasteiger partial charge in [0.2, 0.25) is 5.91 Å². The minimum absolute atomic E-state index is 0.0807. The third-order valence-corrected chi connectivity index (χ3v) is 4.66. The zero-order valence-electron chi connectivity index (χ0n) is 14.2. The van der Waals surface area contributed by atoms with Gasteiger partial charge in [0.25, 0.3) is 11.8 Å². The van der Waals surface area contributed by atoms with E-state index in [1.165, 1.54) is 12.2 Å². The third-order valence-electron chi connectivity index (χ3n) is 4.33. The second kappa shape index (κ2) is 7.67. The first-order valence-corrected chi connectivity index (χ1v) is 8.69. The molecule has 2 atom stereocenters. The van der Waals surface area contributed by atoms with E-state index in [0.29, 0.717) is 0 Å². The summed E-state index contributed by atoms with van der Waals surface area (Å²) in [4.78, 5) is 48.9. The summed E-state index contributed by atoms with van der Waals surface area (Å²) in [6, 6.07) is 6.70. The second-order valence-electron chi connectivity index (χ2n) is 6.19. The second-order valence-corrected chi connectivity index (χ2v) is 6.68. The standard InChI is InChI=1S/C18H17N3O5S/c22-15-10-12(17(24)21-13(18(25)26)7-4-8-20(15)21)19-16(23)14(27)9-11-5-2-1-3-6-11/h1-7,12-13H,8-10H2,(H,19,23)(H,25,26)/t12?,13-/m0/s1. The maximum Gasteiger partial charge on any atom is 0.332 e. The van der Waals surface area contributed by atoms with Crippen LogP contribution >= 0.6 is 12.2 Å².